The summed E-state index contributed by atoms with van der Waals surface area (Å²) in [7, 11) is -3.97. The molecule has 3 aromatic heterocycles. The molecule has 2 N–H and O–H groups in total. The van der Waals surface area contributed by atoms with Crippen molar-refractivity contribution in [3.05, 3.63) is 23.5 Å². The Morgan fingerprint density at radius 3 is 2.49 bits per heavy atom. The molecular weight excluding hydrogens is 510 g/mol. The number of alkyl halides is 4. The zero-order valence-electron chi connectivity index (χ0n) is 18.6. The average Bonchev–Trinajstić information content (AvgIpc) is 3.21. The molecule has 190 valence electrons. The van der Waals surface area contributed by atoms with Gasteiger partial charge >= 0.3 is 0 Å². The van der Waals surface area contributed by atoms with Gasteiger partial charge in [-0.15, -0.1) is 10.2 Å². The summed E-state index contributed by atoms with van der Waals surface area (Å²) in [6.07, 6.45) is 1.34. The smallest absolute Gasteiger partial charge is 0.291 e. The Labute approximate surface area is 202 Å². The number of piperazine rings is 1. The Morgan fingerprint density at radius 1 is 1.23 bits per heavy atom. The number of aromatic nitrogens is 4. The number of nitrogens with one attached hydrogen (secondary N) is 2. The molecule has 0 bridgehead atoms. The van der Waals surface area contributed by atoms with Crippen molar-refractivity contribution in [3.63, 3.8) is 0 Å². The molecule has 1 aliphatic heterocycles. The van der Waals surface area contributed by atoms with E-state index in [4.69, 9.17) is 0 Å². The first-order valence-electron chi connectivity index (χ1n) is 10.9. The van der Waals surface area contributed by atoms with E-state index in [9.17, 15) is 26.0 Å². The second-order valence-corrected chi connectivity index (χ2v) is 11.8. The van der Waals surface area contributed by atoms with Gasteiger partial charge in [-0.2, -0.15) is 0 Å². The molecule has 15 heteroatoms. The van der Waals surface area contributed by atoms with Crippen molar-refractivity contribution in [2.45, 2.75) is 48.7 Å². The maximum atomic E-state index is 13.5. The zero-order valence-corrected chi connectivity index (χ0v) is 20.2. The number of hydrogen-bond acceptors (Lipinski definition) is 8. The first-order valence-corrected chi connectivity index (χ1v) is 13.2. The lowest BCUT2D eigenvalue weighted by Gasteiger charge is -2.38. The topological polar surface area (TPSA) is 105 Å². The highest BCUT2D eigenvalue weighted by Gasteiger charge is 2.41. The van der Waals surface area contributed by atoms with Crippen molar-refractivity contribution >= 4 is 32.7 Å². The monoisotopic (exact) mass is 533 g/mol. The summed E-state index contributed by atoms with van der Waals surface area (Å²) < 4.78 is 83.9. The highest BCUT2D eigenvalue weighted by molar-refractivity contribution is 7.89. The SMILES string of the molecule is CC1(NS(=O)(=O)c2cc(N3C[C@@H](CF)N[C@H](CF)C3)c3ncc(-c4nnc(C(F)F)s4)n3c2)CC1. The normalized spacial score (nSPS) is 22.3. The van der Waals surface area contributed by atoms with Gasteiger partial charge in [0.1, 0.15) is 23.9 Å². The van der Waals surface area contributed by atoms with E-state index in [0.29, 0.717) is 35.5 Å². The molecule has 0 aromatic carbocycles. The number of anilines is 1. The van der Waals surface area contributed by atoms with Crippen LogP contribution in [0.2, 0.25) is 0 Å². The van der Waals surface area contributed by atoms with Gasteiger partial charge in [0.25, 0.3) is 6.43 Å². The molecule has 0 amide bonds. The van der Waals surface area contributed by atoms with Crippen molar-refractivity contribution in [2.75, 3.05) is 31.3 Å². The molecular formula is C20H23F4N7O2S2. The molecule has 0 spiro atoms. The molecule has 3 aromatic rings. The van der Waals surface area contributed by atoms with Crippen molar-refractivity contribution in [3.8, 4) is 10.7 Å². The highest BCUT2D eigenvalue weighted by Crippen LogP contribution is 2.37. The fourth-order valence-electron chi connectivity index (χ4n) is 4.11. The Bertz CT molecular complexity index is 1330. The summed E-state index contributed by atoms with van der Waals surface area (Å²) >= 11 is 0.675. The number of rotatable bonds is 8. The molecule has 35 heavy (non-hydrogen) atoms. The van der Waals surface area contributed by atoms with Crippen molar-refractivity contribution in [1.82, 2.24) is 29.6 Å². The van der Waals surface area contributed by atoms with Gasteiger partial charge in [0.2, 0.25) is 10.0 Å². The molecule has 2 aliphatic rings. The molecule has 4 heterocycles. The Hall–Kier alpha value is -2.36. The molecule has 5 rings (SSSR count). The van der Waals surface area contributed by atoms with Gasteiger partial charge in [-0.25, -0.2) is 35.7 Å². The minimum atomic E-state index is -3.97. The summed E-state index contributed by atoms with van der Waals surface area (Å²) in [6, 6.07) is 0.125. The maximum absolute atomic E-state index is 13.5. The van der Waals surface area contributed by atoms with Crippen molar-refractivity contribution in [1.29, 1.82) is 0 Å². The van der Waals surface area contributed by atoms with E-state index in [1.807, 2.05) is 0 Å². The van der Waals surface area contributed by atoms with E-state index >= 15 is 0 Å². The van der Waals surface area contributed by atoms with Gasteiger partial charge in [0.15, 0.2) is 15.7 Å². The summed E-state index contributed by atoms with van der Waals surface area (Å²) in [5, 5.41) is 9.89. The number of halogens is 4. The predicted molar refractivity (Wildman–Crippen MR) is 122 cm³/mol. The van der Waals surface area contributed by atoms with Crippen LogP contribution >= 0.6 is 11.3 Å². The van der Waals surface area contributed by atoms with E-state index in [-0.39, 0.29) is 28.7 Å². The van der Waals surface area contributed by atoms with E-state index in [2.05, 4.69) is 25.2 Å². The molecule has 1 saturated carbocycles. The van der Waals surface area contributed by atoms with E-state index in [0.717, 1.165) is 0 Å². The minimum Gasteiger partial charge on any atom is -0.365 e. The summed E-state index contributed by atoms with van der Waals surface area (Å²) in [5.41, 5.74) is 0.407. The molecule has 1 aliphatic carbocycles. The number of hydrogen-bond donors (Lipinski definition) is 2. The van der Waals surface area contributed by atoms with Gasteiger partial charge in [0.05, 0.1) is 24.0 Å². The van der Waals surface area contributed by atoms with Crippen molar-refractivity contribution in [2.24, 2.45) is 0 Å². The van der Waals surface area contributed by atoms with Crippen LogP contribution in [0.3, 0.4) is 0 Å². The number of nitrogens with zero attached hydrogens (tertiary/aromatic N) is 5. The summed E-state index contributed by atoms with van der Waals surface area (Å²) in [5.74, 6) is 0. The standard InChI is InChI=1S/C20H23F4N7O2S2/c1-20(2-3-20)29-35(32,33)13-4-14(30-8-11(5-21)26-12(6-22)9-30)17-25-7-15(31(17)10-13)18-27-28-19(34-18)16(23)24/h4,7,10-12,16,26,29H,2-3,5-6,8-9H2,1H3/t11-,12-/m1/s1. The van der Waals surface area contributed by atoms with Gasteiger partial charge in [-0.1, -0.05) is 11.3 Å². The second-order valence-electron chi connectivity index (χ2n) is 9.08. The molecule has 0 radical (unpaired) electrons. The predicted octanol–water partition coefficient (Wildman–Crippen LogP) is 2.71. The van der Waals surface area contributed by atoms with Crippen LogP contribution in [0.25, 0.3) is 16.3 Å². The first kappa shape index (κ1) is 24.3. The van der Waals surface area contributed by atoms with Crippen LogP contribution < -0.4 is 14.9 Å². The van der Waals surface area contributed by atoms with Gasteiger partial charge in [-0.05, 0) is 25.8 Å². The molecule has 2 fully saturated rings. The highest BCUT2D eigenvalue weighted by atomic mass is 32.2. The number of pyridine rings is 1. The molecule has 1 saturated heterocycles. The molecule has 2 atom stereocenters. The van der Waals surface area contributed by atoms with Gasteiger partial charge in [-0.3, -0.25) is 4.40 Å². The first-order chi connectivity index (χ1) is 16.6. The van der Waals surface area contributed by atoms with Crippen LogP contribution in [0.4, 0.5) is 23.2 Å². The van der Waals surface area contributed by atoms with Crippen LogP contribution in [0.1, 0.15) is 31.2 Å². The number of imidazole rings is 1. The maximum Gasteiger partial charge on any atom is 0.291 e. The van der Waals surface area contributed by atoms with Crippen LogP contribution in [0.5, 0.6) is 0 Å². The van der Waals surface area contributed by atoms with E-state index in [1.165, 1.54) is 22.9 Å². The lowest BCUT2D eigenvalue weighted by Crippen LogP contribution is -2.58. The summed E-state index contributed by atoms with van der Waals surface area (Å²) in [4.78, 5) is 5.99. The fourth-order valence-corrected chi connectivity index (χ4v) is 6.30. The average molecular weight is 534 g/mol. The van der Waals surface area contributed by atoms with Crippen molar-refractivity contribution < 1.29 is 26.0 Å². The second kappa shape index (κ2) is 8.94. The third kappa shape index (κ3) is 4.73. The van der Waals surface area contributed by atoms with Crippen LogP contribution in [-0.2, 0) is 10.0 Å². The number of fused-ring (bicyclic) bond motifs is 1. The van der Waals surface area contributed by atoms with Crippen LogP contribution in [-0.4, -0.2) is 72.1 Å². The quantitative estimate of drug-likeness (QED) is 0.429. The van der Waals surface area contributed by atoms with E-state index < -0.39 is 52.4 Å². The van der Waals surface area contributed by atoms with E-state index in [1.54, 1.807) is 11.8 Å². The zero-order chi connectivity index (χ0) is 25.0. The fraction of sp³-hybridized carbons (Fsp3) is 0.550. The lowest BCUT2D eigenvalue weighted by molar-refractivity contribution is 0.150. The Balaban J connectivity index is 1.65. The summed E-state index contributed by atoms with van der Waals surface area (Å²) in [6.45, 7) is 0.652. The van der Waals surface area contributed by atoms with Crippen LogP contribution in [0.15, 0.2) is 23.4 Å². The van der Waals surface area contributed by atoms with Gasteiger partial charge in [0, 0.05) is 24.8 Å². The largest absolute Gasteiger partial charge is 0.365 e. The Kier molecular flexibility index (Phi) is 6.22. The van der Waals surface area contributed by atoms with Crippen LogP contribution in [0, 0.1) is 0 Å². The lowest BCUT2D eigenvalue weighted by atomic mass is 10.1. The molecule has 0 unspecified atom stereocenters. The third-order valence-corrected chi connectivity index (χ3v) is 8.72. The molecule has 9 nitrogen and oxygen atoms in total. The Morgan fingerprint density at radius 2 is 1.91 bits per heavy atom. The third-order valence-electron chi connectivity index (χ3n) is 6.16. The minimum absolute atomic E-state index is 0.0851. The van der Waals surface area contributed by atoms with Gasteiger partial charge < -0.3 is 10.2 Å². The number of sulfonamides is 1.